The fourth-order valence-corrected chi connectivity index (χ4v) is 1.32. The molecule has 0 bridgehead atoms. The van der Waals surface area contributed by atoms with Crippen LogP contribution in [0, 0.1) is 0 Å². The molecule has 1 aromatic rings. The fraction of sp³-hybridized carbons (Fsp3) is 0.111. The third-order valence-corrected chi connectivity index (χ3v) is 2.26. The average Bonchev–Trinajstić information content (AvgIpc) is 2.43. The number of aliphatic imine (C=N–C) groups is 1. The molecule has 1 unspecified atom stereocenters. The number of hydrogen-bond donors (Lipinski definition) is 1. The van der Waals surface area contributed by atoms with E-state index < -0.39 is 10.5 Å². The first-order chi connectivity index (χ1) is 6.59. The number of carbonyl (C=O) groups excluding carboxylic acids is 1. The van der Waals surface area contributed by atoms with Gasteiger partial charge in [0.15, 0.2) is 0 Å². The number of nitrogens with two attached hydrogens (primary N) is 1. The summed E-state index contributed by atoms with van der Waals surface area (Å²) >= 11 is 2.96. The monoisotopic (exact) mass is 254 g/mol. The summed E-state index contributed by atoms with van der Waals surface area (Å²) in [7, 11) is 0. The Morgan fingerprint density at radius 3 is 2.50 bits per heavy atom. The van der Waals surface area contributed by atoms with E-state index in [1.54, 1.807) is 12.1 Å². The highest BCUT2D eigenvalue weighted by atomic mass is 79.9. The maximum absolute atomic E-state index is 11.2. The van der Waals surface area contributed by atoms with Gasteiger partial charge in [-0.05, 0) is 28.1 Å². The van der Waals surface area contributed by atoms with Crippen molar-refractivity contribution in [1.82, 2.24) is 0 Å². The van der Waals surface area contributed by atoms with E-state index in [1.165, 1.54) is 0 Å². The molecule has 0 saturated carbocycles. The number of ether oxygens (including phenoxy) is 1. The lowest BCUT2D eigenvalue weighted by Crippen LogP contribution is -2.36. The lowest BCUT2D eigenvalue weighted by atomic mass is 10.2. The first kappa shape index (κ1) is 9.36. The van der Waals surface area contributed by atoms with Gasteiger partial charge >= 0.3 is 5.97 Å². The van der Waals surface area contributed by atoms with Crippen molar-refractivity contribution in [2.45, 2.75) is 4.57 Å². The molecule has 14 heavy (non-hydrogen) atoms. The van der Waals surface area contributed by atoms with Gasteiger partial charge in [0, 0.05) is 5.56 Å². The van der Waals surface area contributed by atoms with Gasteiger partial charge in [-0.1, -0.05) is 18.2 Å². The predicted octanol–water partition coefficient (Wildman–Crippen LogP) is 0.997. The zero-order valence-electron chi connectivity index (χ0n) is 7.11. The van der Waals surface area contributed by atoms with Crippen molar-refractivity contribution >= 4 is 27.8 Å². The molecule has 1 aliphatic rings. The second-order valence-corrected chi connectivity index (χ2v) is 4.05. The van der Waals surface area contributed by atoms with E-state index in [9.17, 15) is 4.79 Å². The summed E-state index contributed by atoms with van der Waals surface area (Å²) in [5.74, 6) is -0.355. The first-order valence-electron chi connectivity index (χ1n) is 3.95. The summed E-state index contributed by atoms with van der Waals surface area (Å²) in [6.45, 7) is 0. The van der Waals surface area contributed by atoms with Crippen LogP contribution in [0.15, 0.2) is 35.3 Å². The number of carbonyl (C=O) groups is 1. The highest BCUT2D eigenvalue weighted by Crippen LogP contribution is 2.23. The molecule has 1 heterocycles. The average molecular weight is 255 g/mol. The molecule has 72 valence electrons. The molecular weight excluding hydrogens is 248 g/mol. The van der Waals surface area contributed by atoms with Gasteiger partial charge < -0.3 is 4.74 Å². The number of cyclic esters (lactones) is 1. The van der Waals surface area contributed by atoms with Gasteiger partial charge in [0.1, 0.15) is 0 Å². The summed E-state index contributed by atoms with van der Waals surface area (Å²) in [4.78, 5) is 15.1. The highest BCUT2D eigenvalue weighted by Gasteiger charge is 2.40. The van der Waals surface area contributed by atoms with Crippen LogP contribution >= 0.6 is 15.9 Å². The minimum Gasteiger partial charge on any atom is -0.404 e. The summed E-state index contributed by atoms with van der Waals surface area (Å²) in [6.07, 6.45) is 0. The van der Waals surface area contributed by atoms with Crippen LogP contribution in [-0.4, -0.2) is 16.4 Å². The van der Waals surface area contributed by atoms with Crippen molar-refractivity contribution in [2.24, 2.45) is 10.7 Å². The number of rotatable bonds is 1. The zero-order valence-corrected chi connectivity index (χ0v) is 8.69. The minimum absolute atomic E-state index is 0.245. The second-order valence-electron chi connectivity index (χ2n) is 2.85. The van der Waals surface area contributed by atoms with Gasteiger partial charge in [0.25, 0.3) is 4.57 Å². The minimum atomic E-state index is -1.43. The van der Waals surface area contributed by atoms with Crippen molar-refractivity contribution in [3.05, 3.63) is 35.9 Å². The number of alkyl halides is 1. The lowest BCUT2D eigenvalue weighted by Gasteiger charge is -2.03. The third-order valence-electron chi connectivity index (χ3n) is 1.76. The first-order valence-corrected chi connectivity index (χ1v) is 4.74. The highest BCUT2D eigenvalue weighted by molar-refractivity contribution is 9.10. The van der Waals surface area contributed by atoms with Crippen LogP contribution in [0.5, 0.6) is 0 Å². The van der Waals surface area contributed by atoms with Gasteiger partial charge in [0.05, 0.1) is 0 Å². The smallest absolute Gasteiger partial charge is 0.367 e. The van der Waals surface area contributed by atoms with Gasteiger partial charge in [-0.15, -0.1) is 0 Å². The number of esters is 1. The Balaban J connectivity index is 2.36. The van der Waals surface area contributed by atoms with Gasteiger partial charge in [-0.3, -0.25) is 5.73 Å². The molecule has 5 heteroatoms. The molecule has 2 N–H and O–H groups in total. The second kappa shape index (κ2) is 3.18. The van der Waals surface area contributed by atoms with E-state index in [-0.39, 0.29) is 5.90 Å². The van der Waals surface area contributed by atoms with Crippen LogP contribution in [0.1, 0.15) is 5.56 Å². The van der Waals surface area contributed by atoms with Crippen molar-refractivity contribution in [1.29, 1.82) is 0 Å². The summed E-state index contributed by atoms with van der Waals surface area (Å²) in [5.41, 5.74) is 6.23. The molecule has 0 amide bonds. The normalized spacial score (nSPS) is 25.9. The lowest BCUT2D eigenvalue weighted by molar-refractivity contribution is -0.135. The van der Waals surface area contributed by atoms with Crippen molar-refractivity contribution in [2.75, 3.05) is 0 Å². The molecule has 1 atom stereocenters. The van der Waals surface area contributed by atoms with E-state index >= 15 is 0 Å². The standard InChI is InChI=1S/C9H7BrN2O2/c10-9(11)8(13)14-7(12-9)6-4-2-1-3-5-6/h1-5H,11H2. The van der Waals surface area contributed by atoms with Crippen LogP contribution in [-0.2, 0) is 9.53 Å². The summed E-state index contributed by atoms with van der Waals surface area (Å²) < 4.78 is 3.47. The van der Waals surface area contributed by atoms with Gasteiger partial charge in [0.2, 0.25) is 5.90 Å². The Bertz CT molecular complexity index is 401. The molecular formula is C9H7BrN2O2. The molecule has 0 spiro atoms. The maximum atomic E-state index is 11.2. The van der Waals surface area contributed by atoms with Crippen LogP contribution < -0.4 is 5.73 Å². The van der Waals surface area contributed by atoms with E-state index in [1.807, 2.05) is 18.2 Å². The van der Waals surface area contributed by atoms with Crippen molar-refractivity contribution < 1.29 is 9.53 Å². The molecule has 0 aromatic heterocycles. The molecule has 0 saturated heterocycles. The van der Waals surface area contributed by atoms with Crippen LogP contribution in [0.25, 0.3) is 0 Å². The van der Waals surface area contributed by atoms with Crippen molar-refractivity contribution in [3.63, 3.8) is 0 Å². The molecule has 1 aromatic carbocycles. The predicted molar refractivity (Wildman–Crippen MR) is 54.9 cm³/mol. The maximum Gasteiger partial charge on any atom is 0.367 e. The van der Waals surface area contributed by atoms with Crippen LogP contribution in [0.4, 0.5) is 0 Å². The Labute approximate surface area is 88.9 Å². The SMILES string of the molecule is NC1(Br)N=C(c2ccccc2)OC1=O. The molecule has 0 radical (unpaired) electrons. The molecule has 2 rings (SSSR count). The Hall–Kier alpha value is -1.20. The Kier molecular flexibility index (Phi) is 2.13. The van der Waals surface area contributed by atoms with E-state index in [4.69, 9.17) is 10.5 Å². The number of nitrogens with zero attached hydrogens (tertiary/aromatic N) is 1. The molecule has 4 nitrogen and oxygen atoms in total. The number of halogens is 1. The quantitative estimate of drug-likeness (QED) is 0.462. The number of benzene rings is 1. The van der Waals surface area contributed by atoms with E-state index in [2.05, 4.69) is 20.9 Å². The Morgan fingerprint density at radius 2 is 2.00 bits per heavy atom. The summed E-state index contributed by atoms with van der Waals surface area (Å²) in [6, 6.07) is 9.11. The van der Waals surface area contributed by atoms with Gasteiger partial charge in [-0.2, -0.15) is 0 Å². The molecule has 0 fully saturated rings. The van der Waals surface area contributed by atoms with Crippen LogP contribution in [0.2, 0.25) is 0 Å². The fourth-order valence-electron chi connectivity index (χ4n) is 1.08. The van der Waals surface area contributed by atoms with E-state index in [0.717, 1.165) is 5.56 Å². The van der Waals surface area contributed by atoms with E-state index in [0.29, 0.717) is 0 Å². The Morgan fingerprint density at radius 1 is 1.36 bits per heavy atom. The summed E-state index contributed by atoms with van der Waals surface area (Å²) in [5, 5.41) is 0. The molecule has 0 aliphatic carbocycles. The number of hydrogen-bond acceptors (Lipinski definition) is 4. The van der Waals surface area contributed by atoms with Gasteiger partial charge in [-0.25, -0.2) is 9.79 Å². The van der Waals surface area contributed by atoms with Crippen LogP contribution in [0.3, 0.4) is 0 Å². The largest absolute Gasteiger partial charge is 0.404 e. The zero-order chi connectivity index (χ0) is 10.2. The topological polar surface area (TPSA) is 64.7 Å². The van der Waals surface area contributed by atoms with Crippen molar-refractivity contribution in [3.8, 4) is 0 Å². The molecule has 1 aliphatic heterocycles. The third kappa shape index (κ3) is 1.56.